The van der Waals surface area contributed by atoms with E-state index < -0.39 is 0 Å². The van der Waals surface area contributed by atoms with Crippen LogP contribution in [0.5, 0.6) is 0 Å². The van der Waals surface area contributed by atoms with Gasteiger partial charge in [0.2, 0.25) is 0 Å². The molecule has 0 radical (unpaired) electrons. The van der Waals surface area contributed by atoms with E-state index in [0.29, 0.717) is 0 Å². The van der Waals surface area contributed by atoms with Crippen molar-refractivity contribution >= 4 is 29.7 Å². The van der Waals surface area contributed by atoms with Gasteiger partial charge in [0.25, 0.3) is 5.91 Å². The van der Waals surface area contributed by atoms with Crippen LogP contribution in [0.3, 0.4) is 0 Å². The highest BCUT2D eigenvalue weighted by Gasteiger charge is 2.41. The third kappa shape index (κ3) is 3.31. The van der Waals surface area contributed by atoms with Crippen molar-refractivity contribution in [3.63, 3.8) is 0 Å². The summed E-state index contributed by atoms with van der Waals surface area (Å²) < 4.78 is 6.24. The summed E-state index contributed by atoms with van der Waals surface area (Å²) in [5.74, 6) is 0.0650. The van der Waals surface area contributed by atoms with Crippen LogP contribution in [0.25, 0.3) is 0 Å². The summed E-state index contributed by atoms with van der Waals surface area (Å²) >= 11 is 1.65. The zero-order chi connectivity index (χ0) is 17.6. The fourth-order valence-corrected chi connectivity index (χ4v) is 5.99. The van der Waals surface area contributed by atoms with Crippen LogP contribution in [0.15, 0.2) is 30.3 Å². The largest absolute Gasteiger partial charge is 0.369 e. The Hall–Kier alpha value is -1.40. The fraction of sp³-hybridized carbons (Fsp3) is 0.476. The monoisotopic (exact) mass is 404 g/mol. The van der Waals surface area contributed by atoms with E-state index in [4.69, 9.17) is 4.74 Å². The molecule has 1 aromatic heterocycles. The Morgan fingerprint density at radius 2 is 2.00 bits per heavy atom. The average molecular weight is 405 g/mol. The van der Waals surface area contributed by atoms with Gasteiger partial charge >= 0.3 is 0 Å². The van der Waals surface area contributed by atoms with Crippen LogP contribution < -0.4 is 10.6 Å². The molecule has 0 saturated carbocycles. The second-order valence-electron chi connectivity index (χ2n) is 7.57. The van der Waals surface area contributed by atoms with Crippen molar-refractivity contribution in [3.05, 3.63) is 56.8 Å². The highest BCUT2D eigenvalue weighted by atomic mass is 35.5. The van der Waals surface area contributed by atoms with Crippen molar-refractivity contribution in [3.8, 4) is 0 Å². The van der Waals surface area contributed by atoms with E-state index in [1.165, 1.54) is 21.6 Å². The number of carbonyl (C=O) groups is 1. The lowest BCUT2D eigenvalue weighted by atomic mass is 9.86. The zero-order valence-electron chi connectivity index (χ0n) is 15.3. The van der Waals surface area contributed by atoms with Gasteiger partial charge in [0.05, 0.1) is 17.5 Å². The number of halogens is 1. The van der Waals surface area contributed by atoms with E-state index in [2.05, 4.69) is 41.0 Å². The molecule has 27 heavy (non-hydrogen) atoms. The molecule has 2 aliphatic heterocycles. The van der Waals surface area contributed by atoms with Crippen LogP contribution in [-0.2, 0) is 23.2 Å². The molecule has 1 aliphatic carbocycles. The maximum Gasteiger partial charge on any atom is 0.261 e. The summed E-state index contributed by atoms with van der Waals surface area (Å²) in [5, 5.41) is 6.69. The van der Waals surface area contributed by atoms with Gasteiger partial charge in [-0.3, -0.25) is 4.79 Å². The number of hydrogen-bond acceptors (Lipinski definition) is 4. The molecule has 0 bridgehead atoms. The highest BCUT2D eigenvalue weighted by molar-refractivity contribution is 7.14. The maximum absolute atomic E-state index is 12.9. The molecule has 1 fully saturated rings. The summed E-state index contributed by atoms with van der Waals surface area (Å²) in [5.41, 5.74) is 3.80. The maximum atomic E-state index is 12.9. The normalized spacial score (nSPS) is 22.6. The first-order chi connectivity index (χ1) is 12.8. The number of hydrogen-bond donors (Lipinski definition) is 2. The van der Waals surface area contributed by atoms with E-state index in [-0.39, 0.29) is 30.0 Å². The predicted octanol–water partition coefficient (Wildman–Crippen LogP) is 3.74. The first kappa shape index (κ1) is 18.9. The topological polar surface area (TPSA) is 50.4 Å². The van der Waals surface area contributed by atoms with Crippen molar-refractivity contribution in [1.82, 2.24) is 10.6 Å². The number of fused-ring (bicyclic) bond motifs is 3. The number of carbonyl (C=O) groups excluding carboxylic acids is 1. The number of nitrogens with one attached hydrogen (secondary N) is 2. The Bertz CT molecular complexity index is 844. The molecule has 1 amide bonds. The SMILES string of the molecule is Cl.O=C(NC1CCc2ccccc21)c1cc2c(s1)C1(CCNCC1)OCC2. The van der Waals surface area contributed by atoms with Crippen LogP contribution in [0, 0.1) is 0 Å². The molecule has 2 aromatic rings. The third-order valence-electron chi connectivity index (χ3n) is 6.05. The Morgan fingerprint density at radius 3 is 2.85 bits per heavy atom. The molecule has 4 nitrogen and oxygen atoms in total. The molecule has 3 heterocycles. The van der Waals surface area contributed by atoms with Crippen molar-refractivity contribution < 1.29 is 9.53 Å². The molecule has 1 saturated heterocycles. The van der Waals surface area contributed by atoms with E-state index in [1.807, 2.05) is 0 Å². The number of amides is 1. The number of aryl methyl sites for hydroxylation is 1. The second kappa shape index (κ2) is 7.55. The molecule has 3 aliphatic rings. The molecular formula is C21H25ClN2O2S. The summed E-state index contributed by atoms with van der Waals surface area (Å²) in [6.07, 6.45) is 4.95. The van der Waals surface area contributed by atoms with Crippen LogP contribution >= 0.6 is 23.7 Å². The van der Waals surface area contributed by atoms with Crippen LogP contribution in [0.2, 0.25) is 0 Å². The molecule has 144 valence electrons. The lowest BCUT2D eigenvalue weighted by molar-refractivity contribution is -0.0771. The van der Waals surface area contributed by atoms with E-state index in [1.54, 1.807) is 11.3 Å². The van der Waals surface area contributed by atoms with E-state index in [9.17, 15) is 4.79 Å². The van der Waals surface area contributed by atoms with Gasteiger partial charge in [0.15, 0.2) is 0 Å². The average Bonchev–Trinajstić information content (AvgIpc) is 3.28. The predicted molar refractivity (Wildman–Crippen MR) is 110 cm³/mol. The zero-order valence-corrected chi connectivity index (χ0v) is 16.9. The molecule has 1 unspecified atom stereocenters. The second-order valence-corrected chi connectivity index (χ2v) is 8.62. The Labute approximate surface area is 170 Å². The van der Waals surface area contributed by atoms with Gasteiger partial charge in [0, 0.05) is 4.88 Å². The molecule has 1 spiro atoms. The molecular weight excluding hydrogens is 380 g/mol. The highest BCUT2D eigenvalue weighted by Crippen LogP contribution is 2.44. The lowest BCUT2D eigenvalue weighted by Gasteiger charge is -2.40. The summed E-state index contributed by atoms with van der Waals surface area (Å²) in [4.78, 5) is 15.1. The van der Waals surface area contributed by atoms with Crippen LogP contribution in [0.4, 0.5) is 0 Å². The smallest absolute Gasteiger partial charge is 0.261 e. The Morgan fingerprint density at radius 1 is 1.19 bits per heavy atom. The molecule has 1 aromatic carbocycles. The molecule has 5 rings (SSSR count). The molecule has 2 N–H and O–H groups in total. The quantitative estimate of drug-likeness (QED) is 0.801. The van der Waals surface area contributed by atoms with E-state index >= 15 is 0 Å². The lowest BCUT2D eigenvalue weighted by Crippen LogP contribution is -2.43. The molecule has 6 heteroatoms. The minimum absolute atomic E-state index is 0. The van der Waals surface area contributed by atoms with Crippen molar-refractivity contribution in [2.75, 3.05) is 19.7 Å². The number of thiophene rings is 1. The number of benzene rings is 1. The van der Waals surface area contributed by atoms with Crippen LogP contribution in [0.1, 0.15) is 56.5 Å². The minimum Gasteiger partial charge on any atom is -0.369 e. The minimum atomic E-state index is -0.165. The van der Waals surface area contributed by atoms with Gasteiger partial charge in [-0.25, -0.2) is 0 Å². The van der Waals surface area contributed by atoms with Crippen LogP contribution in [-0.4, -0.2) is 25.6 Å². The number of piperidine rings is 1. The number of rotatable bonds is 2. The van der Waals surface area contributed by atoms with Crippen molar-refractivity contribution in [2.24, 2.45) is 0 Å². The Balaban J connectivity index is 0.00000180. The third-order valence-corrected chi connectivity index (χ3v) is 7.41. The molecule has 1 atom stereocenters. The van der Waals surface area contributed by atoms with Gasteiger partial charge < -0.3 is 15.4 Å². The van der Waals surface area contributed by atoms with Crippen molar-refractivity contribution in [2.45, 2.75) is 43.7 Å². The Kier molecular flexibility index (Phi) is 5.30. The summed E-state index contributed by atoms with van der Waals surface area (Å²) in [6, 6.07) is 10.7. The first-order valence-corrected chi connectivity index (χ1v) is 10.4. The van der Waals surface area contributed by atoms with Gasteiger partial charge in [-0.1, -0.05) is 24.3 Å². The van der Waals surface area contributed by atoms with Gasteiger partial charge in [0.1, 0.15) is 5.60 Å². The fourth-order valence-electron chi connectivity index (χ4n) is 4.67. The standard InChI is InChI=1S/C21H24N2O2S.ClH/c24-20(23-17-6-5-14-3-1-2-4-16(14)17)18-13-15-7-12-25-21(19(15)26-18)8-10-22-11-9-21;/h1-4,13,17,22H,5-12H2,(H,23,24);1H. The van der Waals surface area contributed by atoms with Gasteiger partial charge in [-0.05, 0) is 68.0 Å². The first-order valence-electron chi connectivity index (χ1n) is 9.62. The van der Waals surface area contributed by atoms with Crippen molar-refractivity contribution in [1.29, 1.82) is 0 Å². The summed E-state index contributed by atoms with van der Waals surface area (Å²) in [6.45, 7) is 2.73. The van der Waals surface area contributed by atoms with Gasteiger partial charge in [-0.2, -0.15) is 0 Å². The summed E-state index contributed by atoms with van der Waals surface area (Å²) in [7, 11) is 0. The van der Waals surface area contributed by atoms with E-state index in [0.717, 1.165) is 56.7 Å². The van der Waals surface area contributed by atoms with Gasteiger partial charge in [-0.15, -0.1) is 23.7 Å². The number of ether oxygens (including phenoxy) is 1.